The van der Waals surface area contributed by atoms with Gasteiger partial charge in [-0.15, -0.1) is 0 Å². The highest BCUT2D eigenvalue weighted by Crippen LogP contribution is 2.25. The fourth-order valence-corrected chi connectivity index (χ4v) is 3.78. The summed E-state index contributed by atoms with van der Waals surface area (Å²) in [7, 11) is 0. The third-order valence-electron chi connectivity index (χ3n) is 5.39. The number of carbonyl (C=O) groups excluding carboxylic acids is 1. The summed E-state index contributed by atoms with van der Waals surface area (Å²) < 4.78 is 12.7. The molecule has 3 aromatic carbocycles. The molecular weight excluding hydrogens is 434 g/mol. The number of carboxylic acid groups (broad SMARTS) is 1. The lowest BCUT2D eigenvalue weighted by Gasteiger charge is -2.14. The maximum absolute atomic E-state index is 13.2. The first-order valence-electron chi connectivity index (χ1n) is 10.9. The molecule has 1 heterocycles. The molecule has 0 amide bonds. The van der Waals surface area contributed by atoms with E-state index in [1.165, 1.54) is 0 Å². The Balaban J connectivity index is 1.42. The second kappa shape index (κ2) is 10.2. The van der Waals surface area contributed by atoms with Crippen molar-refractivity contribution in [2.75, 3.05) is 13.2 Å². The number of aliphatic hydroxyl groups is 1. The molecule has 0 aliphatic carbocycles. The van der Waals surface area contributed by atoms with Crippen LogP contribution in [0.3, 0.4) is 0 Å². The van der Waals surface area contributed by atoms with E-state index in [0.717, 1.165) is 11.1 Å². The molecule has 0 radical (unpaired) electrons. The number of benzene rings is 3. The molecule has 0 aliphatic heterocycles. The maximum atomic E-state index is 13.2. The number of hydrogen-bond acceptors (Lipinski definition) is 5. The first kappa shape index (κ1) is 23.1. The summed E-state index contributed by atoms with van der Waals surface area (Å²) in [5, 5.41) is 20.0. The number of rotatable bonds is 9. The molecule has 7 heteroatoms. The summed E-state index contributed by atoms with van der Waals surface area (Å²) in [6.45, 7) is 1.97. The second-order valence-corrected chi connectivity index (χ2v) is 7.96. The lowest BCUT2D eigenvalue weighted by Crippen LogP contribution is -2.25. The molecule has 34 heavy (non-hydrogen) atoms. The Kier molecular flexibility index (Phi) is 6.94. The summed E-state index contributed by atoms with van der Waals surface area (Å²) >= 11 is 0. The van der Waals surface area contributed by atoms with Gasteiger partial charge < -0.3 is 19.7 Å². The van der Waals surface area contributed by atoms with Gasteiger partial charge in [-0.2, -0.15) is 0 Å². The summed E-state index contributed by atoms with van der Waals surface area (Å²) in [6.07, 6.45) is -0.918. The number of aliphatic hydroxyl groups excluding tert-OH is 1. The summed E-state index contributed by atoms with van der Waals surface area (Å²) in [6, 6.07) is 23.1. The average Bonchev–Trinajstić information content (AvgIpc) is 3.18. The van der Waals surface area contributed by atoms with Crippen molar-refractivity contribution < 1.29 is 29.3 Å². The van der Waals surface area contributed by atoms with Crippen LogP contribution >= 0.6 is 0 Å². The van der Waals surface area contributed by atoms with Crippen LogP contribution in [0.15, 0.2) is 78.9 Å². The van der Waals surface area contributed by atoms with Gasteiger partial charge in [0.1, 0.15) is 30.8 Å². The third-order valence-corrected chi connectivity index (χ3v) is 5.39. The van der Waals surface area contributed by atoms with Crippen LogP contribution in [0.2, 0.25) is 0 Å². The minimum absolute atomic E-state index is 0.0494. The van der Waals surface area contributed by atoms with Gasteiger partial charge in [0.05, 0.1) is 11.9 Å². The number of hydrogen-bond donors (Lipinski definition) is 2. The van der Waals surface area contributed by atoms with Crippen molar-refractivity contribution in [2.45, 2.75) is 19.4 Å². The molecule has 0 bridgehead atoms. The molecule has 1 atom stereocenters. The Morgan fingerprint density at radius 2 is 1.53 bits per heavy atom. The molecular formula is C27H25NO6. The second-order valence-electron chi connectivity index (χ2n) is 7.96. The largest absolute Gasteiger partial charge is 0.491 e. The Morgan fingerprint density at radius 1 is 0.882 bits per heavy atom. The van der Waals surface area contributed by atoms with Gasteiger partial charge in [0.25, 0.3) is 5.91 Å². The van der Waals surface area contributed by atoms with Gasteiger partial charge in [-0.1, -0.05) is 30.3 Å². The summed E-state index contributed by atoms with van der Waals surface area (Å²) in [4.78, 5) is 24.4. The van der Waals surface area contributed by atoms with Crippen molar-refractivity contribution in [3.63, 3.8) is 0 Å². The van der Waals surface area contributed by atoms with E-state index in [0.29, 0.717) is 28.1 Å². The molecule has 1 unspecified atom stereocenters. The highest BCUT2D eigenvalue weighted by molar-refractivity contribution is 6.04. The molecule has 4 rings (SSSR count). The summed E-state index contributed by atoms with van der Waals surface area (Å²) in [5.74, 6) is 0.0554. The molecule has 2 N–H and O–H groups in total. The maximum Gasteiger partial charge on any atom is 0.307 e. The molecule has 0 fully saturated rings. The Labute approximate surface area is 196 Å². The number of aliphatic carboxylic acids is 1. The molecule has 4 aromatic rings. The van der Waals surface area contributed by atoms with Crippen molar-refractivity contribution in [1.82, 2.24) is 4.57 Å². The monoisotopic (exact) mass is 459 g/mol. The van der Waals surface area contributed by atoms with E-state index in [2.05, 4.69) is 0 Å². The van der Waals surface area contributed by atoms with Crippen LogP contribution in [0.4, 0.5) is 0 Å². The number of aryl methyl sites for hydroxylation is 1. The average molecular weight is 459 g/mol. The van der Waals surface area contributed by atoms with Crippen LogP contribution in [0.5, 0.6) is 11.5 Å². The fraction of sp³-hybridized carbons (Fsp3) is 0.185. The van der Waals surface area contributed by atoms with Gasteiger partial charge in [-0.3, -0.25) is 14.2 Å². The molecule has 0 saturated carbocycles. The van der Waals surface area contributed by atoms with Gasteiger partial charge in [0.15, 0.2) is 0 Å². The number of carboxylic acids is 1. The van der Waals surface area contributed by atoms with E-state index in [-0.39, 0.29) is 25.5 Å². The van der Waals surface area contributed by atoms with Crippen molar-refractivity contribution in [3.05, 3.63) is 95.7 Å². The van der Waals surface area contributed by atoms with Gasteiger partial charge in [0, 0.05) is 16.6 Å². The highest BCUT2D eigenvalue weighted by atomic mass is 16.5. The predicted molar refractivity (Wildman–Crippen MR) is 128 cm³/mol. The number of nitrogens with zero attached hydrogens (tertiary/aromatic N) is 1. The minimum atomic E-state index is -0.920. The topological polar surface area (TPSA) is 98.0 Å². The third kappa shape index (κ3) is 5.27. The lowest BCUT2D eigenvalue weighted by molar-refractivity contribution is -0.136. The van der Waals surface area contributed by atoms with Crippen molar-refractivity contribution >= 4 is 22.8 Å². The van der Waals surface area contributed by atoms with E-state index in [9.17, 15) is 14.7 Å². The zero-order chi connectivity index (χ0) is 24.1. The van der Waals surface area contributed by atoms with Gasteiger partial charge in [-0.25, -0.2) is 0 Å². The molecule has 0 spiro atoms. The number of carbonyl (C=O) groups is 2. The van der Waals surface area contributed by atoms with E-state index in [4.69, 9.17) is 14.6 Å². The van der Waals surface area contributed by atoms with Crippen molar-refractivity contribution in [3.8, 4) is 11.5 Å². The number of aromatic nitrogens is 1. The van der Waals surface area contributed by atoms with Crippen LogP contribution < -0.4 is 9.47 Å². The Bertz CT molecular complexity index is 1290. The van der Waals surface area contributed by atoms with E-state index in [1.807, 2.05) is 49.4 Å². The SMILES string of the molecule is Cc1cc2c(CC(=O)O)cccc2n1C(=O)c1ccc(OCC(O)COc2ccccc2)cc1. The van der Waals surface area contributed by atoms with Crippen LogP contribution in [0.25, 0.3) is 10.9 Å². The molecule has 7 nitrogen and oxygen atoms in total. The van der Waals surface area contributed by atoms with E-state index in [1.54, 1.807) is 41.0 Å². The van der Waals surface area contributed by atoms with Crippen LogP contribution in [-0.4, -0.2) is 46.0 Å². The normalized spacial score (nSPS) is 11.8. The first-order valence-corrected chi connectivity index (χ1v) is 10.9. The fourth-order valence-electron chi connectivity index (χ4n) is 3.78. The highest BCUT2D eigenvalue weighted by Gasteiger charge is 2.17. The van der Waals surface area contributed by atoms with E-state index < -0.39 is 12.1 Å². The quantitative estimate of drug-likeness (QED) is 0.391. The van der Waals surface area contributed by atoms with Crippen LogP contribution in [0, 0.1) is 6.92 Å². The molecule has 0 saturated heterocycles. The smallest absolute Gasteiger partial charge is 0.307 e. The Morgan fingerprint density at radius 3 is 2.18 bits per heavy atom. The van der Waals surface area contributed by atoms with E-state index >= 15 is 0 Å². The zero-order valence-corrected chi connectivity index (χ0v) is 18.7. The first-order chi connectivity index (χ1) is 16.4. The number of ether oxygens (including phenoxy) is 2. The van der Waals surface area contributed by atoms with Gasteiger partial charge in [0.2, 0.25) is 0 Å². The number of fused-ring (bicyclic) bond motifs is 1. The van der Waals surface area contributed by atoms with Crippen molar-refractivity contribution in [2.24, 2.45) is 0 Å². The molecule has 0 aliphatic rings. The van der Waals surface area contributed by atoms with Crippen LogP contribution in [-0.2, 0) is 11.2 Å². The predicted octanol–water partition coefficient (Wildman–Crippen LogP) is 4.08. The lowest BCUT2D eigenvalue weighted by atomic mass is 10.1. The van der Waals surface area contributed by atoms with Gasteiger partial charge in [-0.05, 0) is 61.0 Å². The van der Waals surface area contributed by atoms with Crippen molar-refractivity contribution in [1.29, 1.82) is 0 Å². The zero-order valence-electron chi connectivity index (χ0n) is 18.7. The Hall–Kier alpha value is -4.10. The number of para-hydroxylation sites is 1. The standard InChI is InChI=1S/C27H25NO6/c1-18-14-24-20(15-26(30)31)6-5-9-25(24)28(18)27(32)19-10-12-23(13-11-19)34-17-21(29)16-33-22-7-3-2-4-8-22/h2-14,21,29H,15-17H2,1H3,(H,30,31). The summed E-state index contributed by atoms with van der Waals surface area (Å²) in [5.41, 5.74) is 2.52. The molecule has 1 aromatic heterocycles. The van der Waals surface area contributed by atoms with Crippen LogP contribution in [0.1, 0.15) is 21.6 Å². The molecule has 174 valence electrons. The van der Waals surface area contributed by atoms with Gasteiger partial charge >= 0.3 is 5.97 Å². The minimum Gasteiger partial charge on any atom is -0.491 e.